The average Bonchev–Trinajstić information content (AvgIpc) is 3.01. The summed E-state index contributed by atoms with van der Waals surface area (Å²) in [4.78, 5) is 4.43. The van der Waals surface area contributed by atoms with Gasteiger partial charge in [0.15, 0.2) is 5.96 Å². The lowest BCUT2D eigenvalue weighted by molar-refractivity contribution is 0.609. The highest BCUT2D eigenvalue weighted by molar-refractivity contribution is 14.0. The molecule has 1 aromatic heterocycles. The largest absolute Gasteiger partial charge is 0.357 e. The van der Waals surface area contributed by atoms with Gasteiger partial charge in [-0.05, 0) is 37.3 Å². The third kappa shape index (κ3) is 6.90. The molecule has 126 valence electrons. The second-order valence-corrected chi connectivity index (χ2v) is 5.69. The van der Waals surface area contributed by atoms with Crippen molar-refractivity contribution in [3.63, 3.8) is 0 Å². The Morgan fingerprint density at radius 3 is 2.70 bits per heavy atom. The number of benzene rings is 1. The van der Waals surface area contributed by atoms with Crippen LogP contribution >= 0.6 is 39.9 Å². The van der Waals surface area contributed by atoms with Crippen molar-refractivity contribution in [1.82, 2.24) is 15.2 Å². The van der Waals surface area contributed by atoms with E-state index >= 15 is 0 Å². The molecule has 0 radical (unpaired) electrons. The van der Waals surface area contributed by atoms with Gasteiger partial charge in [0, 0.05) is 42.1 Å². The van der Waals surface area contributed by atoms with Gasteiger partial charge in [0.05, 0.1) is 6.54 Å². The predicted octanol–water partition coefficient (Wildman–Crippen LogP) is 3.76. The minimum atomic E-state index is -0.241. The van der Waals surface area contributed by atoms with E-state index in [1.807, 2.05) is 31.5 Å². The van der Waals surface area contributed by atoms with Gasteiger partial charge in [-0.3, -0.25) is 0 Å². The number of nitrogens with zero attached hydrogens (tertiary/aromatic N) is 2. The maximum Gasteiger partial charge on any atom is 0.191 e. The molecule has 7 heteroatoms. The summed E-state index contributed by atoms with van der Waals surface area (Å²) in [5.74, 6) is 0.448. The van der Waals surface area contributed by atoms with Crippen LogP contribution in [-0.4, -0.2) is 23.6 Å². The fourth-order valence-electron chi connectivity index (χ4n) is 1.99. The van der Waals surface area contributed by atoms with Crippen LogP contribution in [0.4, 0.5) is 4.39 Å². The second-order valence-electron chi connectivity index (χ2n) is 4.78. The molecule has 0 unspecified atom stereocenters. The number of hydrogen-bond acceptors (Lipinski definition) is 1. The van der Waals surface area contributed by atoms with Crippen molar-refractivity contribution in [3.05, 3.63) is 58.6 Å². The van der Waals surface area contributed by atoms with Gasteiger partial charge >= 0.3 is 0 Å². The predicted molar refractivity (Wildman–Crippen MR) is 107 cm³/mol. The van der Waals surface area contributed by atoms with Gasteiger partial charge in [-0.2, -0.15) is 0 Å². The number of aromatic nitrogens is 1. The van der Waals surface area contributed by atoms with Crippen LogP contribution < -0.4 is 10.6 Å². The van der Waals surface area contributed by atoms with E-state index in [1.54, 1.807) is 12.1 Å². The van der Waals surface area contributed by atoms with Crippen LogP contribution in [0.25, 0.3) is 0 Å². The van der Waals surface area contributed by atoms with E-state index in [0.717, 1.165) is 24.1 Å². The summed E-state index contributed by atoms with van der Waals surface area (Å²) >= 11 is 3.35. The maximum atomic E-state index is 13.7. The number of guanidine groups is 1. The molecular weight excluding hydrogens is 474 g/mol. The minimum Gasteiger partial charge on any atom is -0.357 e. The molecule has 23 heavy (non-hydrogen) atoms. The van der Waals surface area contributed by atoms with Gasteiger partial charge in [-0.15, -0.1) is 24.0 Å². The molecule has 2 N–H and O–H groups in total. The standard InChI is InChI=1S/C16H20BrFN4.HI/c1-2-19-16(20-7-10-22-8-3-4-9-22)21-12-13-11-14(17)5-6-15(13)18;/h3-6,8-9,11H,2,7,10,12H2,1H3,(H2,19,20,21);1H. The Kier molecular flexibility index (Phi) is 9.23. The summed E-state index contributed by atoms with van der Waals surface area (Å²) in [7, 11) is 0. The monoisotopic (exact) mass is 494 g/mol. The molecule has 0 aliphatic rings. The number of nitrogens with one attached hydrogen (secondary N) is 2. The highest BCUT2D eigenvalue weighted by Gasteiger charge is 2.03. The van der Waals surface area contributed by atoms with Crippen LogP contribution in [-0.2, 0) is 13.1 Å². The van der Waals surface area contributed by atoms with Crippen LogP contribution in [0.5, 0.6) is 0 Å². The van der Waals surface area contributed by atoms with Gasteiger partial charge in [-0.25, -0.2) is 9.38 Å². The Bertz CT molecular complexity index is 617. The van der Waals surface area contributed by atoms with E-state index in [4.69, 9.17) is 0 Å². The molecule has 0 aliphatic heterocycles. The zero-order chi connectivity index (χ0) is 15.8. The Morgan fingerprint density at radius 1 is 1.26 bits per heavy atom. The molecule has 0 fully saturated rings. The number of rotatable bonds is 6. The number of halogens is 3. The van der Waals surface area contributed by atoms with E-state index in [0.29, 0.717) is 18.1 Å². The molecule has 0 saturated carbocycles. The van der Waals surface area contributed by atoms with Crippen molar-refractivity contribution < 1.29 is 4.39 Å². The van der Waals surface area contributed by atoms with Crippen molar-refractivity contribution >= 4 is 45.9 Å². The second kappa shape index (κ2) is 10.6. The molecule has 4 nitrogen and oxygen atoms in total. The molecule has 2 aromatic rings. The minimum absolute atomic E-state index is 0. The zero-order valence-corrected chi connectivity index (χ0v) is 16.8. The van der Waals surface area contributed by atoms with E-state index in [-0.39, 0.29) is 29.8 Å². The lowest BCUT2D eigenvalue weighted by Gasteiger charge is -2.12. The van der Waals surface area contributed by atoms with Crippen LogP contribution in [0.1, 0.15) is 12.5 Å². The summed E-state index contributed by atoms with van der Waals surface area (Å²) in [6, 6.07) is 8.87. The van der Waals surface area contributed by atoms with Gasteiger partial charge in [0.25, 0.3) is 0 Å². The summed E-state index contributed by atoms with van der Waals surface area (Å²) in [6.45, 7) is 4.66. The summed E-state index contributed by atoms with van der Waals surface area (Å²) < 4.78 is 16.6. The first kappa shape index (κ1) is 20.0. The smallest absolute Gasteiger partial charge is 0.191 e. The molecule has 0 bridgehead atoms. The number of hydrogen-bond donors (Lipinski definition) is 2. The molecule has 1 heterocycles. The van der Waals surface area contributed by atoms with Gasteiger partial charge in [0.2, 0.25) is 0 Å². The van der Waals surface area contributed by atoms with Crippen molar-refractivity contribution in [2.24, 2.45) is 4.99 Å². The van der Waals surface area contributed by atoms with E-state index in [2.05, 4.69) is 36.1 Å². The SMILES string of the molecule is CCNC(=NCc1cc(Br)ccc1F)NCCn1cccc1.I. The van der Waals surface area contributed by atoms with Crippen LogP contribution in [0, 0.1) is 5.82 Å². The van der Waals surface area contributed by atoms with Crippen molar-refractivity contribution in [3.8, 4) is 0 Å². The highest BCUT2D eigenvalue weighted by atomic mass is 127. The zero-order valence-electron chi connectivity index (χ0n) is 12.9. The van der Waals surface area contributed by atoms with E-state index < -0.39 is 0 Å². The Morgan fingerprint density at radius 2 is 2.00 bits per heavy atom. The lowest BCUT2D eigenvalue weighted by Crippen LogP contribution is -2.38. The average molecular weight is 495 g/mol. The highest BCUT2D eigenvalue weighted by Crippen LogP contribution is 2.16. The normalized spacial score (nSPS) is 11.0. The molecule has 0 amide bonds. The van der Waals surface area contributed by atoms with Crippen LogP contribution in [0.15, 0.2) is 52.2 Å². The third-order valence-electron chi connectivity index (χ3n) is 3.09. The Balaban J connectivity index is 0.00000264. The molecule has 1 aromatic carbocycles. The van der Waals surface area contributed by atoms with Crippen LogP contribution in [0.2, 0.25) is 0 Å². The molecular formula is C16H21BrFIN4. The molecule has 0 saturated heterocycles. The van der Waals surface area contributed by atoms with E-state index in [9.17, 15) is 4.39 Å². The lowest BCUT2D eigenvalue weighted by atomic mass is 10.2. The first-order chi connectivity index (χ1) is 10.7. The first-order valence-electron chi connectivity index (χ1n) is 7.26. The van der Waals surface area contributed by atoms with Gasteiger partial charge < -0.3 is 15.2 Å². The quantitative estimate of drug-likeness (QED) is 0.364. The van der Waals surface area contributed by atoms with Crippen molar-refractivity contribution in [2.45, 2.75) is 20.0 Å². The third-order valence-corrected chi connectivity index (χ3v) is 3.58. The van der Waals surface area contributed by atoms with Crippen LogP contribution in [0.3, 0.4) is 0 Å². The summed E-state index contributed by atoms with van der Waals surface area (Å²) in [5, 5.41) is 6.41. The summed E-state index contributed by atoms with van der Waals surface area (Å²) in [6.07, 6.45) is 4.03. The van der Waals surface area contributed by atoms with Crippen molar-refractivity contribution in [1.29, 1.82) is 0 Å². The summed E-state index contributed by atoms with van der Waals surface area (Å²) in [5.41, 5.74) is 0.567. The Hall–Kier alpha value is -1.09. The van der Waals surface area contributed by atoms with Crippen molar-refractivity contribution in [2.75, 3.05) is 13.1 Å². The topological polar surface area (TPSA) is 41.4 Å². The molecule has 0 atom stereocenters. The van der Waals surface area contributed by atoms with Gasteiger partial charge in [-0.1, -0.05) is 15.9 Å². The molecule has 2 rings (SSSR count). The van der Waals surface area contributed by atoms with Gasteiger partial charge in [0.1, 0.15) is 5.82 Å². The molecule has 0 spiro atoms. The molecule has 0 aliphatic carbocycles. The Labute approximate surface area is 161 Å². The number of aliphatic imine (C=N–C) groups is 1. The van der Waals surface area contributed by atoms with E-state index in [1.165, 1.54) is 6.07 Å². The fraction of sp³-hybridized carbons (Fsp3) is 0.312. The maximum absolute atomic E-state index is 13.7. The fourth-order valence-corrected chi connectivity index (χ4v) is 2.40. The first-order valence-corrected chi connectivity index (χ1v) is 8.05.